The molecule has 0 atom stereocenters. The number of halogens is 2. The molecule has 0 radical (unpaired) electrons. The topological polar surface area (TPSA) is 65.5 Å². The van der Waals surface area contributed by atoms with Gasteiger partial charge in [-0.2, -0.15) is 0 Å². The number of nitrogens with zero attached hydrogens (tertiary/aromatic N) is 1. The summed E-state index contributed by atoms with van der Waals surface area (Å²) in [7, 11) is 0. The Balaban J connectivity index is 1.84. The van der Waals surface area contributed by atoms with Crippen molar-refractivity contribution in [3.05, 3.63) is 76.2 Å². The van der Waals surface area contributed by atoms with Gasteiger partial charge in [-0.05, 0) is 66.9 Å². The van der Waals surface area contributed by atoms with Gasteiger partial charge < -0.3 is 9.47 Å². The van der Waals surface area contributed by atoms with Crippen molar-refractivity contribution in [2.75, 3.05) is 0 Å². The van der Waals surface area contributed by atoms with Crippen molar-refractivity contribution in [3.63, 3.8) is 0 Å². The van der Waals surface area contributed by atoms with Gasteiger partial charge in [-0.3, -0.25) is 4.98 Å². The Hall–Kier alpha value is -2.37. The summed E-state index contributed by atoms with van der Waals surface area (Å²) in [5, 5.41) is -2.83. The number of aromatic nitrogens is 1. The molecule has 7 heteroatoms. The fourth-order valence-corrected chi connectivity index (χ4v) is 5.14. The summed E-state index contributed by atoms with van der Waals surface area (Å²) in [4.78, 5) is 30.3. The molecule has 0 bridgehead atoms. The minimum Gasteiger partial charge on any atom is -0.432 e. The Bertz CT molecular complexity index is 1070. The summed E-state index contributed by atoms with van der Waals surface area (Å²) in [6.45, 7) is 16.7. The van der Waals surface area contributed by atoms with Crippen LogP contribution in [0.2, 0.25) is 0 Å². The maximum absolute atomic E-state index is 13.1. The minimum absolute atomic E-state index is 0.0909. The van der Waals surface area contributed by atoms with Crippen LogP contribution >= 0.6 is 23.2 Å². The first-order valence-electron chi connectivity index (χ1n) is 13.3. The van der Waals surface area contributed by atoms with Crippen molar-refractivity contribution >= 4 is 35.1 Å². The molecule has 1 aromatic heterocycles. The maximum Gasteiger partial charge on any atom is 0.341 e. The van der Waals surface area contributed by atoms with Gasteiger partial charge >= 0.3 is 11.9 Å². The van der Waals surface area contributed by atoms with Gasteiger partial charge in [0.05, 0.1) is 11.1 Å². The number of pyridine rings is 1. The molecule has 2 aliphatic rings. The molecule has 0 unspecified atom stereocenters. The molecule has 1 aromatic rings. The van der Waals surface area contributed by atoms with Gasteiger partial charge in [0, 0.05) is 12.4 Å². The monoisotopic (exact) mass is 559 g/mol. The first kappa shape index (κ1) is 30.2. The predicted octanol–water partition coefficient (Wildman–Crippen LogP) is 8.40. The largest absolute Gasteiger partial charge is 0.432 e. The van der Waals surface area contributed by atoms with Crippen LogP contribution in [0.15, 0.2) is 65.1 Å². The molecule has 0 saturated carbocycles. The smallest absolute Gasteiger partial charge is 0.341 e. The molecular formula is C31H39Cl2NO4. The lowest BCUT2D eigenvalue weighted by molar-refractivity contribution is 0.0385. The van der Waals surface area contributed by atoms with Crippen molar-refractivity contribution in [1.82, 2.24) is 4.98 Å². The van der Waals surface area contributed by atoms with Gasteiger partial charge in [0.2, 0.25) is 10.1 Å². The second-order valence-electron chi connectivity index (χ2n) is 11.5. The van der Waals surface area contributed by atoms with Crippen LogP contribution in [-0.2, 0) is 9.47 Å². The van der Waals surface area contributed by atoms with Crippen LogP contribution < -0.4 is 0 Å². The molecule has 0 aliphatic heterocycles. The standard InChI is InChI=1S/C31H39Cl2NO4/c1-18(2)22-9-23(19(3)4)13-30(32,12-22)37-28(35)26-11-27(17-34-16-26)29(36)38-31(33)14-24(20(5)6)10-25(15-31)21(7)8/h11-21H,9-10H2,1-8H3. The van der Waals surface area contributed by atoms with E-state index in [0.29, 0.717) is 0 Å². The van der Waals surface area contributed by atoms with Crippen molar-refractivity contribution in [2.24, 2.45) is 23.7 Å². The lowest BCUT2D eigenvalue weighted by Gasteiger charge is -2.31. The zero-order valence-corrected chi connectivity index (χ0v) is 25.1. The van der Waals surface area contributed by atoms with E-state index in [4.69, 9.17) is 32.7 Å². The van der Waals surface area contributed by atoms with Crippen molar-refractivity contribution in [1.29, 1.82) is 0 Å². The quantitative estimate of drug-likeness (QED) is 0.181. The van der Waals surface area contributed by atoms with Gasteiger partial charge in [-0.15, -0.1) is 0 Å². The third-order valence-electron chi connectivity index (χ3n) is 7.02. The summed E-state index contributed by atoms with van der Waals surface area (Å²) in [5.74, 6) is -0.353. The summed E-state index contributed by atoms with van der Waals surface area (Å²) < 4.78 is 11.5. The minimum atomic E-state index is -1.41. The highest BCUT2D eigenvalue weighted by molar-refractivity contribution is 6.27. The maximum atomic E-state index is 13.1. The normalized spacial score (nSPS) is 18.7. The summed E-state index contributed by atoms with van der Waals surface area (Å²) in [5.41, 5.74) is 4.62. The molecule has 1 heterocycles. The molecule has 0 spiro atoms. The van der Waals surface area contributed by atoms with E-state index in [1.807, 2.05) is 0 Å². The van der Waals surface area contributed by atoms with E-state index in [1.165, 1.54) is 18.5 Å². The molecule has 0 saturated heterocycles. The van der Waals surface area contributed by atoms with Gasteiger partial charge in [0.25, 0.3) is 0 Å². The zero-order valence-electron chi connectivity index (χ0n) is 23.6. The number of carbonyl (C=O) groups is 2. The number of ether oxygens (including phenoxy) is 2. The first-order chi connectivity index (χ1) is 17.6. The van der Waals surface area contributed by atoms with Crippen LogP contribution in [-0.4, -0.2) is 27.0 Å². The summed E-state index contributed by atoms with van der Waals surface area (Å²) in [6.07, 6.45) is 11.5. The Labute approximate surface area is 237 Å². The Morgan fingerprint density at radius 1 is 0.658 bits per heavy atom. The van der Waals surface area contributed by atoms with E-state index in [2.05, 4.69) is 60.4 Å². The number of rotatable bonds is 8. The molecule has 0 N–H and O–H groups in total. The van der Waals surface area contributed by atoms with Crippen LogP contribution in [0.25, 0.3) is 0 Å². The second-order valence-corrected chi connectivity index (χ2v) is 12.7. The van der Waals surface area contributed by atoms with Crippen molar-refractivity contribution in [3.8, 4) is 0 Å². The average molecular weight is 561 g/mol. The summed E-state index contributed by atoms with van der Waals surface area (Å²) in [6, 6.07) is 1.39. The number of carbonyl (C=O) groups excluding carboxylic acids is 2. The van der Waals surface area contributed by atoms with Crippen molar-refractivity contribution in [2.45, 2.75) is 78.4 Å². The first-order valence-corrected chi connectivity index (χ1v) is 14.0. The van der Waals surface area contributed by atoms with Crippen LogP contribution in [0.4, 0.5) is 0 Å². The van der Waals surface area contributed by atoms with Crippen LogP contribution in [0, 0.1) is 23.7 Å². The Morgan fingerprint density at radius 3 is 1.21 bits per heavy atom. The molecule has 0 fully saturated rings. The predicted molar refractivity (Wildman–Crippen MR) is 153 cm³/mol. The molecule has 38 heavy (non-hydrogen) atoms. The van der Waals surface area contributed by atoms with E-state index >= 15 is 0 Å². The third-order valence-corrected chi connectivity index (χ3v) is 7.61. The third kappa shape index (κ3) is 7.39. The van der Waals surface area contributed by atoms with Gasteiger partial charge in [-0.1, -0.05) is 101 Å². The molecule has 5 nitrogen and oxygen atoms in total. The van der Waals surface area contributed by atoms with Crippen molar-refractivity contribution < 1.29 is 19.1 Å². The van der Waals surface area contributed by atoms with Gasteiger partial charge in [0.1, 0.15) is 0 Å². The highest BCUT2D eigenvalue weighted by Crippen LogP contribution is 2.39. The van der Waals surface area contributed by atoms with E-state index < -0.39 is 22.1 Å². The molecular weight excluding hydrogens is 521 g/mol. The van der Waals surface area contributed by atoms with E-state index in [0.717, 1.165) is 35.1 Å². The highest BCUT2D eigenvalue weighted by Gasteiger charge is 2.35. The average Bonchev–Trinajstić information content (AvgIpc) is 2.82. The van der Waals surface area contributed by atoms with E-state index in [-0.39, 0.29) is 34.8 Å². The zero-order chi connectivity index (χ0) is 28.4. The Morgan fingerprint density at radius 2 is 0.947 bits per heavy atom. The van der Waals surface area contributed by atoms with Crippen LogP contribution in [0.1, 0.15) is 88.9 Å². The number of alkyl halides is 2. The number of hydrogen-bond donors (Lipinski definition) is 0. The lowest BCUT2D eigenvalue weighted by atomic mass is 9.85. The van der Waals surface area contributed by atoms with Crippen LogP contribution in [0.5, 0.6) is 0 Å². The van der Waals surface area contributed by atoms with Gasteiger partial charge in [0.15, 0.2) is 0 Å². The van der Waals surface area contributed by atoms with Crippen LogP contribution in [0.3, 0.4) is 0 Å². The molecule has 0 aromatic carbocycles. The number of hydrogen-bond acceptors (Lipinski definition) is 5. The fraction of sp³-hybridized carbons (Fsp3) is 0.516. The molecule has 3 rings (SSSR count). The number of allylic oxidation sites excluding steroid dienone is 4. The lowest BCUT2D eigenvalue weighted by Crippen LogP contribution is -2.30. The molecule has 2 aliphatic carbocycles. The SMILES string of the molecule is CC(C)C1=CC(Cl)(OC(=O)c2cncc(C(=O)OC3(Cl)C=C(C(C)C)CC(C(C)C)=C3)c2)C=C(C(C)C)C1. The highest BCUT2D eigenvalue weighted by atomic mass is 35.5. The number of esters is 2. The molecule has 0 amide bonds. The second kappa shape index (κ2) is 11.8. The summed E-state index contributed by atoms with van der Waals surface area (Å²) >= 11 is 13.6. The molecule has 206 valence electrons. The van der Waals surface area contributed by atoms with E-state index in [9.17, 15) is 9.59 Å². The fourth-order valence-electron chi connectivity index (χ4n) is 4.44. The van der Waals surface area contributed by atoms with E-state index in [1.54, 1.807) is 24.3 Å². The Kier molecular flexibility index (Phi) is 9.36. The van der Waals surface area contributed by atoms with Gasteiger partial charge in [-0.25, -0.2) is 9.59 Å².